The van der Waals surface area contributed by atoms with Gasteiger partial charge in [0.2, 0.25) is 0 Å². The average Bonchev–Trinajstić information content (AvgIpc) is 3.36. The lowest BCUT2D eigenvalue weighted by molar-refractivity contribution is -0.163. The van der Waals surface area contributed by atoms with Crippen molar-refractivity contribution in [1.29, 1.82) is 0 Å². The summed E-state index contributed by atoms with van der Waals surface area (Å²) in [4.78, 5) is 12.4. The zero-order valence-corrected chi connectivity index (χ0v) is 20.0. The highest BCUT2D eigenvalue weighted by Crippen LogP contribution is 2.73. The van der Waals surface area contributed by atoms with Gasteiger partial charge in [-0.25, -0.2) is 0 Å². The Hall–Kier alpha value is -0.410. The molecule has 1 heterocycles. The van der Waals surface area contributed by atoms with Crippen LogP contribution in [0.2, 0.25) is 0 Å². The molecule has 1 spiro atoms. The van der Waals surface area contributed by atoms with Gasteiger partial charge in [-0.05, 0) is 79.4 Å². The number of Topliss-reactive ketones (excluding diaryl/α,β-unsaturated/α-hetero) is 1. The molecule has 0 aromatic heterocycles. The molecule has 5 fully saturated rings. The van der Waals surface area contributed by atoms with Crippen molar-refractivity contribution in [3.8, 4) is 0 Å². The average molecular weight is 417 g/mol. The fraction of sp³-hybridized carbons (Fsp3) is 0.963. The SMILES string of the molecule is CC(C)CCC[C@@H](C)[C@H]1CC[C@H]2[C@@H]3C[C@H](O)[C@@]45O[C@@H]4C(=O)CC[C@]5(C)[C@H]3CC[C@]12C. The number of rotatable bonds is 5. The molecule has 1 aliphatic heterocycles. The Morgan fingerprint density at radius 1 is 1.07 bits per heavy atom. The molecule has 0 amide bonds. The second-order valence-electron chi connectivity index (χ2n) is 12.8. The van der Waals surface area contributed by atoms with Crippen LogP contribution in [0.5, 0.6) is 0 Å². The van der Waals surface area contributed by atoms with E-state index in [0.29, 0.717) is 23.7 Å². The summed E-state index contributed by atoms with van der Waals surface area (Å²) in [5, 5.41) is 11.3. The Morgan fingerprint density at radius 3 is 2.57 bits per heavy atom. The van der Waals surface area contributed by atoms with Crippen molar-refractivity contribution in [2.45, 2.75) is 117 Å². The van der Waals surface area contributed by atoms with E-state index < -0.39 is 11.7 Å². The first kappa shape index (κ1) is 21.4. The Morgan fingerprint density at radius 2 is 1.83 bits per heavy atom. The van der Waals surface area contributed by atoms with E-state index in [2.05, 4.69) is 34.6 Å². The molecule has 30 heavy (non-hydrogen) atoms. The van der Waals surface area contributed by atoms with Gasteiger partial charge in [0, 0.05) is 11.8 Å². The monoisotopic (exact) mass is 416 g/mol. The zero-order valence-electron chi connectivity index (χ0n) is 20.0. The van der Waals surface area contributed by atoms with Crippen LogP contribution in [0.1, 0.15) is 98.8 Å². The zero-order chi connectivity index (χ0) is 21.5. The predicted molar refractivity (Wildman–Crippen MR) is 119 cm³/mol. The molecule has 4 saturated carbocycles. The van der Waals surface area contributed by atoms with Gasteiger partial charge < -0.3 is 9.84 Å². The number of hydrogen-bond donors (Lipinski definition) is 1. The van der Waals surface area contributed by atoms with Gasteiger partial charge in [0.25, 0.3) is 0 Å². The van der Waals surface area contributed by atoms with Gasteiger partial charge in [-0.3, -0.25) is 4.79 Å². The summed E-state index contributed by atoms with van der Waals surface area (Å²) in [5.41, 5.74) is -0.122. The summed E-state index contributed by atoms with van der Waals surface area (Å²) in [7, 11) is 0. The molecule has 0 aromatic rings. The number of hydrogen-bond acceptors (Lipinski definition) is 3. The van der Waals surface area contributed by atoms with Crippen molar-refractivity contribution in [3.63, 3.8) is 0 Å². The Kier molecular flexibility index (Phi) is 5.03. The molecule has 3 nitrogen and oxygen atoms in total. The number of fused-ring (bicyclic) bond motifs is 4. The third-order valence-corrected chi connectivity index (χ3v) is 11.2. The number of carbonyl (C=O) groups is 1. The first-order chi connectivity index (χ1) is 14.1. The van der Waals surface area contributed by atoms with Crippen LogP contribution < -0.4 is 0 Å². The summed E-state index contributed by atoms with van der Waals surface area (Å²) < 4.78 is 6.11. The van der Waals surface area contributed by atoms with Crippen molar-refractivity contribution < 1.29 is 14.6 Å². The van der Waals surface area contributed by atoms with Crippen LogP contribution >= 0.6 is 0 Å². The van der Waals surface area contributed by atoms with Gasteiger partial charge in [-0.15, -0.1) is 0 Å². The van der Waals surface area contributed by atoms with E-state index >= 15 is 0 Å². The highest BCUT2D eigenvalue weighted by Gasteiger charge is 2.79. The van der Waals surface area contributed by atoms with E-state index in [-0.39, 0.29) is 17.3 Å². The van der Waals surface area contributed by atoms with Crippen molar-refractivity contribution in [2.75, 3.05) is 0 Å². The summed E-state index contributed by atoms with van der Waals surface area (Å²) in [6.07, 6.45) is 11.1. The van der Waals surface area contributed by atoms with Crippen LogP contribution in [0, 0.1) is 46.3 Å². The molecule has 0 aromatic carbocycles. The first-order valence-corrected chi connectivity index (χ1v) is 13.0. The van der Waals surface area contributed by atoms with E-state index in [9.17, 15) is 9.90 Å². The third kappa shape index (κ3) is 2.73. The lowest BCUT2D eigenvalue weighted by atomic mass is 9.43. The predicted octanol–water partition coefficient (Wildman–Crippen LogP) is 5.78. The fourth-order valence-electron chi connectivity index (χ4n) is 9.58. The van der Waals surface area contributed by atoms with Crippen molar-refractivity contribution >= 4 is 5.78 Å². The van der Waals surface area contributed by atoms with E-state index in [4.69, 9.17) is 4.74 Å². The van der Waals surface area contributed by atoms with Crippen molar-refractivity contribution in [3.05, 3.63) is 0 Å². The molecular weight excluding hydrogens is 372 g/mol. The minimum Gasteiger partial charge on any atom is -0.390 e. The van der Waals surface area contributed by atoms with E-state index in [1.165, 1.54) is 44.9 Å². The van der Waals surface area contributed by atoms with Gasteiger partial charge in [0.1, 0.15) is 11.7 Å². The molecule has 4 aliphatic carbocycles. The highest BCUT2D eigenvalue weighted by atomic mass is 16.6. The molecule has 5 rings (SSSR count). The molecule has 5 aliphatic rings. The van der Waals surface area contributed by atoms with Crippen molar-refractivity contribution in [1.82, 2.24) is 0 Å². The van der Waals surface area contributed by atoms with Crippen LogP contribution in [-0.2, 0) is 9.53 Å². The maximum Gasteiger partial charge on any atom is 0.164 e. The van der Waals surface area contributed by atoms with Gasteiger partial charge in [-0.2, -0.15) is 0 Å². The summed E-state index contributed by atoms with van der Waals surface area (Å²) in [6, 6.07) is 0. The molecule has 1 saturated heterocycles. The normalized spacial score (nSPS) is 53.0. The smallest absolute Gasteiger partial charge is 0.164 e. The Bertz CT molecular complexity index is 702. The third-order valence-electron chi connectivity index (χ3n) is 11.2. The first-order valence-electron chi connectivity index (χ1n) is 13.0. The van der Waals surface area contributed by atoms with Gasteiger partial charge >= 0.3 is 0 Å². The molecule has 3 heteroatoms. The maximum atomic E-state index is 12.4. The molecule has 10 atom stereocenters. The molecule has 0 bridgehead atoms. The second kappa shape index (κ2) is 7.04. The number of ketones is 1. The van der Waals surface area contributed by atoms with Gasteiger partial charge in [-0.1, -0.05) is 53.9 Å². The lowest BCUT2D eigenvalue weighted by Crippen LogP contribution is -2.63. The molecule has 0 radical (unpaired) electrons. The number of aliphatic hydroxyl groups is 1. The van der Waals surface area contributed by atoms with Crippen LogP contribution in [0.15, 0.2) is 0 Å². The summed E-state index contributed by atoms with van der Waals surface area (Å²) in [6.45, 7) is 12.2. The minimum absolute atomic E-state index is 0.0177. The molecule has 1 N–H and O–H groups in total. The van der Waals surface area contributed by atoms with Crippen LogP contribution in [-0.4, -0.2) is 28.7 Å². The Balaban J connectivity index is 1.36. The largest absolute Gasteiger partial charge is 0.390 e. The molecule has 170 valence electrons. The summed E-state index contributed by atoms with van der Waals surface area (Å²) in [5.74, 6) is 4.68. The standard InChI is InChI=1S/C27H44O3/c1-16(2)7-6-8-17(3)19-9-10-20-18-15-23(29)27-24(30-27)22(28)12-14-26(27,5)21(18)11-13-25(19,20)4/h16-21,23-24,29H,6-15H2,1-5H3/t17-,18+,19-,20+,21+,23+,24-,25-,26-,27-/m1/s1. The molecule has 0 unspecified atom stereocenters. The Labute approximate surface area is 183 Å². The number of carbonyl (C=O) groups excluding carboxylic acids is 1. The topological polar surface area (TPSA) is 49.8 Å². The number of aliphatic hydroxyl groups excluding tert-OH is 1. The van der Waals surface area contributed by atoms with E-state index in [1.54, 1.807) is 0 Å². The maximum absolute atomic E-state index is 12.4. The van der Waals surface area contributed by atoms with E-state index in [0.717, 1.165) is 36.5 Å². The van der Waals surface area contributed by atoms with Crippen LogP contribution in [0.25, 0.3) is 0 Å². The highest BCUT2D eigenvalue weighted by molar-refractivity contribution is 5.89. The van der Waals surface area contributed by atoms with Gasteiger partial charge in [0.15, 0.2) is 5.78 Å². The minimum atomic E-state index is -0.542. The van der Waals surface area contributed by atoms with Crippen molar-refractivity contribution in [2.24, 2.45) is 46.3 Å². The second-order valence-corrected chi connectivity index (χ2v) is 12.8. The lowest BCUT2D eigenvalue weighted by Gasteiger charge is -2.60. The van der Waals surface area contributed by atoms with Crippen LogP contribution in [0.3, 0.4) is 0 Å². The molecular formula is C27H44O3. The fourth-order valence-corrected chi connectivity index (χ4v) is 9.58. The number of epoxide rings is 1. The quantitative estimate of drug-likeness (QED) is 0.578. The van der Waals surface area contributed by atoms with Gasteiger partial charge in [0.05, 0.1) is 6.10 Å². The number of ether oxygens (including phenoxy) is 1. The van der Waals surface area contributed by atoms with Crippen LogP contribution in [0.4, 0.5) is 0 Å². The summed E-state index contributed by atoms with van der Waals surface area (Å²) >= 11 is 0. The van der Waals surface area contributed by atoms with E-state index in [1.807, 2.05) is 0 Å².